The molecular weight excluding hydrogens is 415 g/mol. The fourth-order valence-corrected chi connectivity index (χ4v) is 4.59. The monoisotopic (exact) mass is 436 g/mol. The number of hydrogen-bond donors (Lipinski definition) is 2. The van der Waals surface area contributed by atoms with E-state index in [0.29, 0.717) is 17.0 Å². The molecule has 0 aliphatic carbocycles. The summed E-state index contributed by atoms with van der Waals surface area (Å²) >= 11 is 0. The van der Waals surface area contributed by atoms with Gasteiger partial charge in [0.1, 0.15) is 11.5 Å². The third-order valence-electron chi connectivity index (χ3n) is 4.98. The number of aromatic amines is 1. The molecule has 0 saturated carbocycles. The van der Waals surface area contributed by atoms with Gasteiger partial charge in [0.05, 0.1) is 16.6 Å². The van der Waals surface area contributed by atoms with Crippen LogP contribution in [0.1, 0.15) is 24.2 Å². The molecule has 8 heteroatoms. The first-order valence-corrected chi connectivity index (χ1v) is 11.2. The van der Waals surface area contributed by atoms with Crippen LogP contribution >= 0.6 is 0 Å². The number of H-pyrrole nitrogens is 1. The third-order valence-corrected chi connectivity index (χ3v) is 6.53. The van der Waals surface area contributed by atoms with Gasteiger partial charge in [-0.05, 0) is 67.9 Å². The average molecular weight is 437 g/mol. The maximum atomic E-state index is 13.4. The summed E-state index contributed by atoms with van der Waals surface area (Å²) in [6, 6.07) is 15.7. The van der Waals surface area contributed by atoms with E-state index in [2.05, 4.69) is 19.9 Å². The number of pyridine rings is 1. The normalized spacial score (nSPS) is 12.6. The van der Waals surface area contributed by atoms with Crippen LogP contribution in [-0.2, 0) is 10.0 Å². The van der Waals surface area contributed by atoms with Gasteiger partial charge in [0.25, 0.3) is 0 Å². The highest BCUT2D eigenvalue weighted by Crippen LogP contribution is 2.36. The Labute approximate surface area is 180 Å². The van der Waals surface area contributed by atoms with Crippen molar-refractivity contribution in [3.63, 3.8) is 0 Å². The third kappa shape index (κ3) is 4.40. The minimum atomic E-state index is -3.74. The molecule has 4 rings (SSSR count). The zero-order chi connectivity index (χ0) is 22.0. The van der Waals surface area contributed by atoms with Gasteiger partial charge in [-0.1, -0.05) is 17.7 Å². The molecule has 0 spiro atoms. The number of rotatable bonds is 6. The van der Waals surface area contributed by atoms with Crippen LogP contribution in [0.15, 0.2) is 78.0 Å². The van der Waals surface area contributed by atoms with E-state index in [4.69, 9.17) is 0 Å². The summed E-state index contributed by atoms with van der Waals surface area (Å²) in [6.07, 6.45) is 3.31. The molecule has 31 heavy (non-hydrogen) atoms. The number of hydrogen-bond acceptors (Lipinski definition) is 4. The van der Waals surface area contributed by atoms with Gasteiger partial charge in [-0.25, -0.2) is 17.5 Å². The first kappa shape index (κ1) is 20.9. The molecule has 1 atom stereocenters. The summed E-state index contributed by atoms with van der Waals surface area (Å²) in [4.78, 5) is 4.25. The highest BCUT2D eigenvalue weighted by molar-refractivity contribution is 7.89. The van der Waals surface area contributed by atoms with E-state index in [1.54, 1.807) is 55.7 Å². The minimum Gasteiger partial charge on any atom is -0.280 e. The highest BCUT2D eigenvalue weighted by atomic mass is 32.2. The van der Waals surface area contributed by atoms with E-state index in [9.17, 15) is 12.8 Å². The molecular formula is C23H21FN4O2S. The van der Waals surface area contributed by atoms with Crippen molar-refractivity contribution in [2.75, 3.05) is 0 Å². The number of benzene rings is 2. The summed E-state index contributed by atoms with van der Waals surface area (Å²) < 4.78 is 41.9. The van der Waals surface area contributed by atoms with Crippen LogP contribution in [0.3, 0.4) is 0 Å². The number of aryl methyl sites for hydroxylation is 1. The molecule has 2 aromatic carbocycles. The Bertz CT molecular complexity index is 1290. The number of aromatic nitrogens is 3. The Hall–Kier alpha value is -3.36. The summed E-state index contributed by atoms with van der Waals surface area (Å²) in [6.45, 7) is 3.65. The van der Waals surface area contributed by atoms with E-state index in [0.717, 1.165) is 16.7 Å². The molecule has 0 amide bonds. The van der Waals surface area contributed by atoms with Crippen molar-refractivity contribution < 1.29 is 12.8 Å². The van der Waals surface area contributed by atoms with Gasteiger partial charge in [-0.15, -0.1) is 0 Å². The van der Waals surface area contributed by atoms with Crippen molar-refractivity contribution >= 4 is 10.0 Å². The van der Waals surface area contributed by atoms with Gasteiger partial charge in [0, 0.05) is 23.5 Å². The van der Waals surface area contributed by atoms with Crippen LogP contribution in [0.4, 0.5) is 4.39 Å². The summed E-state index contributed by atoms with van der Waals surface area (Å²) in [5, 5.41) is 7.40. The standard InChI is InChI=1S/C23H21FN4O2S/c1-15-3-9-20(10-4-15)31(29,30)28-16(2)22-21(17-11-13-25-14-12-17)23(27-26-22)18-5-7-19(24)8-6-18/h3-14,16,28H,1-2H3,(H,26,27). The summed E-state index contributed by atoms with van der Waals surface area (Å²) in [5.41, 5.74) is 4.44. The van der Waals surface area contributed by atoms with E-state index in [1.807, 2.05) is 19.1 Å². The SMILES string of the molecule is Cc1ccc(S(=O)(=O)NC(C)c2[nH]nc(-c3ccc(F)cc3)c2-c2ccncc2)cc1. The smallest absolute Gasteiger partial charge is 0.241 e. The van der Waals surface area contributed by atoms with Crippen molar-refractivity contribution in [3.8, 4) is 22.4 Å². The number of halogens is 1. The van der Waals surface area contributed by atoms with Crippen molar-refractivity contribution in [2.45, 2.75) is 24.8 Å². The van der Waals surface area contributed by atoms with Gasteiger partial charge in [0.2, 0.25) is 10.0 Å². The first-order chi connectivity index (χ1) is 14.8. The molecule has 0 radical (unpaired) electrons. The van der Waals surface area contributed by atoms with Gasteiger partial charge in [-0.2, -0.15) is 5.10 Å². The maximum Gasteiger partial charge on any atom is 0.241 e. The molecule has 0 fully saturated rings. The van der Waals surface area contributed by atoms with Crippen molar-refractivity contribution in [1.82, 2.24) is 19.9 Å². The second kappa shape index (κ2) is 8.41. The Kier molecular flexibility index (Phi) is 5.67. The van der Waals surface area contributed by atoms with Crippen LogP contribution in [-0.4, -0.2) is 23.6 Å². The van der Waals surface area contributed by atoms with Gasteiger partial charge < -0.3 is 0 Å². The van der Waals surface area contributed by atoms with Gasteiger partial charge in [-0.3, -0.25) is 10.1 Å². The molecule has 0 aliphatic heterocycles. The zero-order valence-corrected chi connectivity index (χ0v) is 17.8. The molecule has 1 unspecified atom stereocenters. The molecule has 2 heterocycles. The lowest BCUT2D eigenvalue weighted by Crippen LogP contribution is -2.27. The molecule has 0 saturated heterocycles. The first-order valence-electron chi connectivity index (χ1n) is 9.69. The molecule has 0 aliphatic rings. The lowest BCUT2D eigenvalue weighted by Gasteiger charge is -2.15. The van der Waals surface area contributed by atoms with Crippen molar-refractivity contribution in [2.24, 2.45) is 0 Å². The number of nitrogens with one attached hydrogen (secondary N) is 2. The van der Waals surface area contributed by atoms with Crippen LogP contribution < -0.4 is 4.72 Å². The molecule has 0 bridgehead atoms. The zero-order valence-electron chi connectivity index (χ0n) is 17.0. The van der Waals surface area contributed by atoms with E-state index >= 15 is 0 Å². The molecule has 4 aromatic rings. The van der Waals surface area contributed by atoms with E-state index in [1.165, 1.54) is 12.1 Å². The molecule has 2 N–H and O–H groups in total. The van der Waals surface area contributed by atoms with Crippen molar-refractivity contribution in [3.05, 3.63) is 90.1 Å². The molecule has 6 nitrogen and oxygen atoms in total. The van der Waals surface area contributed by atoms with E-state index in [-0.39, 0.29) is 10.7 Å². The lowest BCUT2D eigenvalue weighted by atomic mass is 9.97. The maximum absolute atomic E-state index is 13.4. The Balaban J connectivity index is 1.76. The Morgan fingerprint density at radius 3 is 2.23 bits per heavy atom. The second-order valence-electron chi connectivity index (χ2n) is 7.26. The highest BCUT2D eigenvalue weighted by Gasteiger charge is 2.25. The van der Waals surface area contributed by atoms with Crippen LogP contribution in [0.5, 0.6) is 0 Å². The minimum absolute atomic E-state index is 0.189. The fraction of sp³-hybridized carbons (Fsp3) is 0.130. The van der Waals surface area contributed by atoms with Crippen LogP contribution in [0.2, 0.25) is 0 Å². The van der Waals surface area contributed by atoms with Gasteiger partial charge >= 0.3 is 0 Å². The fourth-order valence-electron chi connectivity index (χ4n) is 3.37. The number of nitrogens with zero attached hydrogens (tertiary/aromatic N) is 2. The van der Waals surface area contributed by atoms with E-state index < -0.39 is 16.1 Å². The predicted octanol–water partition coefficient (Wildman–Crippen LogP) is 4.63. The quantitative estimate of drug-likeness (QED) is 0.461. The molecule has 2 aromatic heterocycles. The summed E-state index contributed by atoms with van der Waals surface area (Å²) in [5.74, 6) is -0.343. The topological polar surface area (TPSA) is 87.7 Å². The Morgan fingerprint density at radius 1 is 0.935 bits per heavy atom. The van der Waals surface area contributed by atoms with Crippen LogP contribution in [0, 0.1) is 12.7 Å². The largest absolute Gasteiger partial charge is 0.280 e. The lowest BCUT2D eigenvalue weighted by molar-refractivity contribution is 0.564. The van der Waals surface area contributed by atoms with Gasteiger partial charge in [0.15, 0.2) is 0 Å². The van der Waals surface area contributed by atoms with Crippen molar-refractivity contribution in [1.29, 1.82) is 0 Å². The van der Waals surface area contributed by atoms with Crippen LogP contribution in [0.25, 0.3) is 22.4 Å². The second-order valence-corrected chi connectivity index (χ2v) is 8.97. The molecule has 158 valence electrons. The number of sulfonamides is 1. The predicted molar refractivity (Wildman–Crippen MR) is 117 cm³/mol. The average Bonchev–Trinajstić information content (AvgIpc) is 3.20. The summed E-state index contributed by atoms with van der Waals surface area (Å²) in [7, 11) is -3.74. The Morgan fingerprint density at radius 2 is 1.58 bits per heavy atom.